The minimum absolute atomic E-state index is 0.0501. The highest BCUT2D eigenvalue weighted by molar-refractivity contribution is 5.96. The van der Waals surface area contributed by atoms with Crippen LogP contribution in [0.5, 0.6) is 5.75 Å². The summed E-state index contributed by atoms with van der Waals surface area (Å²) in [6.07, 6.45) is -0.478. The number of carbonyl (C=O) groups is 3. The van der Waals surface area contributed by atoms with Crippen LogP contribution >= 0.6 is 0 Å². The van der Waals surface area contributed by atoms with Gasteiger partial charge in [-0.05, 0) is 57.5 Å². The van der Waals surface area contributed by atoms with Gasteiger partial charge in [0.2, 0.25) is 0 Å². The number of cyclic esters (lactones) is 1. The van der Waals surface area contributed by atoms with E-state index in [2.05, 4.69) is 0 Å². The molecule has 0 aromatic heterocycles. The van der Waals surface area contributed by atoms with Crippen LogP contribution in [0.25, 0.3) is 0 Å². The number of nitrogens with zero attached hydrogens (tertiary/aromatic N) is 1. The van der Waals surface area contributed by atoms with Gasteiger partial charge in [-0.1, -0.05) is 18.2 Å². The van der Waals surface area contributed by atoms with Crippen molar-refractivity contribution in [2.75, 3.05) is 6.73 Å². The number of halogens is 1. The van der Waals surface area contributed by atoms with Gasteiger partial charge in [0.05, 0.1) is 0 Å². The molecular formula is C24H26FNO6. The molecule has 32 heavy (non-hydrogen) atoms. The summed E-state index contributed by atoms with van der Waals surface area (Å²) in [6.45, 7) is 5.06. The molecule has 0 spiro atoms. The standard InChI is InChI=1S/C24H26FNO6/c1-24(2,3)32-23(29)26-15-31-22(28)20(26)12-13-21(27)16-8-10-18(11-9-16)30-14-17-6-4-5-7-19(17)25/h4-11,20H,12-15H2,1-3H3/t20-/m0/s1. The third kappa shape index (κ3) is 6.06. The number of hydrogen-bond donors (Lipinski definition) is 0. The lowest BCUT2D eigenvalue weighted by molar-refractivity contribution is -0.139. The van der Waals surface area contributed by atoms with Crippen LogP contribution < -0.4 is 4.74 Å². The maximum Gasteiger partial charge on any atom is 0.413 e. The largest absolute Gasteiger partial charge is 0.489 e. The SMILES string of the molecule is CC(C)(C)OC(=O)N1COC(=O)[C@@H]1CCC(=O)c1ccc(OCc2ccccc2F)cc1. The summed E-state index contributed by atoms with van der Waals surface area (Å²) in [4.78, 5) is 38.1. The Morgan fingerprint density at radius 2 is 1.81 bits per heavy atom. The summed E-state index contributed by atoms with van der Waals surface area (Å²) in [5.41, 5.74) is 0.170. The first-order chi connectivity index (χ1) is 15.1. The van der Waals surface area contributed by atoms with Gasteiger partial charge in [0.25, 0.3) is 0 Å². The van der Waals surface area contributed by atoms with Crippen molar-refractivity contribution in [3.05, 3.63) is 65.5 Å². The molecule has 0 aliphatic carbocycles. The normalized spacial score (nSPS) is 15.9. The Hall–Kier alpha value is -3.42. The second kappa shape index (κ2) is 9.80. The second-order valence-corrected chi connectivity index (χ2v) is 8.42. The van der Waals surface area contributed by atoms with Gasteiger partial charge in [-0.25, -0.2) is 14.0 Å². The van der Waals surface area contributed by atoms with Gasteiger partial charge in [-0.15, -0.1) is 0 Å². The summed E-state index contributed by atoms with van der Waals surface area (Å²) in [7, 11) is 0. The molecule has 1 heterocycles. The molecule has 0 radical (unpaired) electrons. The molecule has 1 amide bonds. The van der Waals surface area contributed by atoms with Crippen molar-refractivity contribution in [2.24, 2.45) is 0 Å². The van der Waals surface area contributed by atoms with E-state index in [-0.39, 0.29) is 37.8 Å². The zero-order valence-electron chi connectivity index (χ0n) is 18.3. The molecule has 3 rings (SSSR count). The second-order valence-electron chi connectivity index (χ2n) is 8.42. The molecule has 1 aliphatic heterocycles. The quantitative estimate of drug-likeness (QED) is 0.463. The molecule has 1 aliphatic rings. The van der Waals surface area contributed by atoms with Crippen LogP contribution in [-0.2, 0) is 20.9 Å². The highest BCUT2D eigenvalue weighted by Crippen LogP contribution is 2.22. The van der Waals surface area contributed by atoms with Crippen LogP contribution in [0, 0.1) is 5.82 Å². The van der Waals surface area contributed by atoms with Crippen molar-refractivity contribution in [3.8, 4) is 5.75 Å². The predicted molar refractivity (Wildman–Crippen MR) is 114 cm³/mol. The number of esters is 1. The lowest BCUT2D eigenvalue weighted by Crippen LogP contribution is -2.41. The van der Waals surface area contributed by atoms with Crippen molar-refractivity contribution in [1.29, 1.82) is 0 Å². The monoisotopic (exact) mass is 443 g/mol. The van der Waals surface area contributed by atoms with E-state index in [1.807, 2.05) is 0 Å². The molecule has 7 nitrogen and oxygen atoms in total. The molecule has 1 saturated heterocycles. The first kappa shape index (κ1) is 23.2. The van der Waals surface area contributed by atoms with Gasteiger partial charge in [0, 0.05) is 17.5 Å². The van der Waals surface area contributed by atoms with E-state index in [9.17, 15) is 18.8 Å². The van der Waals surface area contributed by atoms with Crippen LogP contribution in [0.4, 0.5) is 9.18 Å². The highest BCUT2D eigenvalue weighted by Gasteiger charge is 2.40. The van der Waals surface area contributed by atoms with E-state index in [4.69, 9.17) is 14.2 Å². The van der Waals surface area contributed by atoms with Crippen molar-refractivity contribution >= 4 is 17.8 Å². The number of Topliss-reactive ketones (excluding diaryl/α,β-unsaturated/α-hetero) is 1. The molecule has 1 atom stereocenters. The van der Waals surface area contributed by atoms with Gasteiger partial charge in [0.1, 0.15) is 29.8 Å². The van der Waals surface area contributed by atoms with E-state index in [0.29, 0.717) is 16.9 Å². The smallest absolute Gasteiger partial charge is 0.413 e. The molecule has 1 fully saturated rings. The van der Waals surface area contributed by atoms with E-state index < -0.39 is 23.7 Å². The zero-order chi connectivity index (χ0) is 23.3. The predicted octanol–water partition coefficient (Wildman–Crippen LogP) is 4.49. The fourth-order valence-corrected chi connectivity index (χ4v) is 3.15. The van der Waals surface area contributed by atoms with Crippen LogP contribution in [0.3, 0.4) is 0 Å². The lowest BCUT2D eigenvalue weighted by atomic mass is 10.0. The van der Waals surface area contributed by atoms with Gasteiger partial charge >= 0.3 is 12.1 Å². The highest BCUT2D eigenvalue weighted by atomic mass is 19.1. The zero-order valence-corrected chi connectivity index (χ0v) is 18.3. The number of benzene rings is 2. The summed E-state index contributed by atoms with van der Waals surface area (Å²) in [5.74, 6) is -0.583. The number of amides is 1. The number of carbonyl (C=O) groups excluding carboxylic acids is 3. The summed E-state index contributed by atoms with van der Waals surface area (Å²) < 4.78 is 29.5. The molecule has 170 valence electrons. The average Bonchev–Trinajstić information content (AvgIpc) is 3.11. The first-order valence-corrected chi connectivity index (χ1v) is 10.3. The van der Waals surface area contributed by atoms with Gasteiger partial charge in [0.15, 0.2) is 12.5 Å². The van der Waals surface area contributed by atoms with E-state index in [0.717, 1.165) is 0 Å². The summed E-state index contributed by atoms with van der Waals surface area (Å²) >= 11 is 0. The first-order valence-electron chi connectivity index (χ1n) is 10.3. The van der Waals surface area contributed by atoms with E-state index in [1.165, 1.54) is 11.0 Å². The number of hydrogen-bond acceptors (Lipinski definition) is 6. The van der Waals surface area contributed by atoms with Crippen molar-refractivity contribution in [3.63, 3.8) is 0 Å². The fraction of sp³-hybridized carbons (Fsp3) is 0.375. The van der Waals surface area contributed by atoms with E-state index in [1.54, 1.807) is 63.2 Å². The van der Waals surface area contributed by atoms with Gasteiger partial charge < -0.3 is 14.2 Å². The third-order valence-corrected chi connectivity index (χ3v) is 4.80. The third-order valence-electron chi connectivity index (χ3n) is 4.80. The fourth-order valence-electron chi connectivity index (χ4n) is 3.15. The molecule has 2 aromatic rings. The lowest BCUT2D eigenvalue weighted by Gasteiger charge is -2.25. The maximum absolute atomic E-state index is 13.7. The Kier molecular flexibility index (Phi) is 7.12. The van der Waals surface area contributed by atoms with Gasteiger partial charge in [-0.3, -0.25) is 9.69 Å². The minimum Gasteiger partial charge on any atom is -0.489 e. The Balaban J connectivity index is 1.54. The maximum atomic E-state index is 13.7. The number of rotatable bonds is 7. The minimum atomic E-state index is -0.864. The molecule has 0 unspecified atom stereocenters. The van der Waals surface area contributed by atoms with Crippen LogP contribution in [0.1, 0.15) is 49.5 Å². The van der Waals surface area contributed by atoms with Crippen LogP contribution in [0.2, 0.25) is 0 Å². The van der Waals surface area contributed by atoms with Crippen molar-refractivity contribution in [1.82, 2.24) is 4.90 Å². The summed E-state index contributed by atoms with van der Waals surface area (Å²) in [5, 5.41) is 0. The van der Waals surface area contributed by atoms with E-state index >= 15 is 0 Å². The van der Waals surface area contributed by atoms with Crippen LogP contribution in [-0.4, -0.2) is 41.1 Å². The van der Waals surface area contributed by atoms with Crippen molar-refractivity contribution < 1.29 is 33.0 Å². The molecule has 0 bridgehead atoms. The average molecular weight is 443 g/mol. The number of ketones is 1. The Morgan fingerprint density at radius 1 is 1.12 bits per heavy atom. The Morgan fingerprint density at radius 3 is 2.47 bits per heavy atom. The topological polar surface area (TPSA) is 82.1 Å². The number of ether oxygens (including phenoxy) is 3. The Labute approximate surface area is 186 Å². The van der Waals surface area contributed by atoms with Crippen molar-refractivity contribution in [2.45, 2.75) is 51.9 Å². The van der Waals surface area contributed by atoms with Crippen LogP contribution in [0.15, 0.2) is 48.5 Å². The molecular weight excluding hydrogens is 417 g/mol. The summed E-state index contributed by atoms with van der Waals surface area (Å²) in [6, 6.07) is 12.0. The molecule has 2 aromatic carbocycles. The van der Waals surface area contributed by atoms with Gasteiger partial charge in [-0.2, -0.15) is 0 Å². The molecule has 8 heteroatoms. The Bertz CT molecular complexity index is 983. The molecule has 0 N–H and O–H groups in total. The molecule has 0 saturated carbocycles.